The first-order valence-corrected chi connectivity index (χ1v) is 5.29. The summed E-state index contributed by atoms with van der Waals surface area (Å²) in [5, 5.41) is 3.96. The molecule has 0 aliphatic rings. The van der Waals surface area contributed by atoms with Gasteiger partial charge >= 0.3 is 0 Å². The Kier molecular flexibility index (Phi) is 3.54. The predicted molar refractivity (Wildman–Crippen MR) is 53.1 cm³/mol. The number of carbonyl (C=O) groups is 1. The van der Waals surface area contributed by atoms with Crippen molar-refractivity contribution in [2.45, 2.75) is 33.6 Å². The summed E-state index contributed by atoms with van der Waals surface area (Å²) in [4.78, 5) is 12.4. The van der Waals surface area contributed by atoms with Gasteiger partial charge < -0.3 is 0 Å². The van der Waals surface area contributed by atoms with Crippen molar-refractivity contribution >= 4 is 17.3 Å². The number of aromatic nitrogens is 2. The molecule has 0 saturated heterocycles. The Morgan fingerprint density at radius 1 is 1.54 bits per heavy atom. The first-order valence-electron chi connectivity index (χ1n) is 4.52. The van der Waals surface area contributed by atoms with Crippen molar-refractivity contribution in [3.63, 3.8) is 0 Å². The van der Waals surface area contributed by atoms with Gasteiger partial charge in [-0.25, -0.2) is 0 Å². The van der Waals surface area contributed by atoms with Gasteiger partial charge in [-0.1, -0.05) is 31.7 Å². The minimum absolute atomic E-state index is 0.0397. The van der Waals surface area contributed by atoms with E-state index in [1.807, 2.05) is 13.8 Å². The van der Waals surface area contributed by atoms with E-state index in [1.165, 1.54) is 11.5 Å². The molecule has 1 heterocycles. The van der Waals surface area contributed by atoms with E-state index in [0.29, 0.717) is 0 Å². The summed E-state index contributed by atoms with van der Waals surface area (Å²) in [7, 11) is 0. The van der Waals surface area contributed by atoms with Crippen LogP contribution in [0.2, 0.25) is 0 Å². The highest BCUT2D eigenvalue weighted by atomic mass is 32.1. The summed E-state index contributed by atoms with van der Waals surface area (Å²) in [5.41, 5.74) is 0.867. The fourth-order valence-corrected chi connectivity index (χ4v) is 1.85. The fraction of sp³-hybridized carbons (Fsp3) is 0.667. The molecule has 0 spiro atoms. The molecular formula is C9H14N2OS. The molecule has 0 aliphatic carbocycles. The highest BCUT2D eigenvalue weighted by Gasteiger charge is 2.17. The molecule has 0 aromatic carbocycles. The molecule has 1 aromatic rings. The van der Waals surface area contributed by atoms with Crippen LogP contribution in [0.4, 0.5) is 0 Å². The summed E-state index contributed by atoms with van der Waals surface area (Å²) in [6.07, 6.45) is 1.86. The lowest BCUT2D eigenvalue weighted by atomic mass is 10.1. The van der Waals surface area contributed by atoms with Gasteiger partial charge in [-0.15, -0.1) is 5.10 Å². The highest BCUT2D eigenvalue weighted by molar-refractivity contribution is 7.08. The van der Waals surface area contributed by atoms with Gasteiger partial charge in [-0.2, -0.15) is 0 Å². The summed E-state index contributed by atoms with van der Waals surface area (Å²) >= 11 is 1.22. The molecule has 0 fully saturated rings. The molecule has 1 aromatic heterocycles. The smallest absolute Gasteiger partial charge is 0.178 e. The van der Waals surface area contributed by atoms with Crippen LogP contribution < -0.4 is 0 Å². The quantitative estimate of drug-likeness (QED) is 0.697. The van der Waals surface area contributed by atoms with Crippen molar-refractivity contribution in [1.82, 2.24) is 9.59 Å². The van der Waals surface area contributed by atoms with Crippen LogP contribution in [-0.4, -0.2) is 15.4 Å². The second kappa shape index (κ2) is 4.46. The molecule has 0 unspecified atom stereocenters. The van der Waals surface area contributed by atoms with Crippen molar-refractivity contribution in [2.24, 2.45) is 5.92 Å². The van der Waals surface area contributed by atoms with Crippen LogP contribution in [0, 0.1) is 5.92 Å². The minimum Gasteiger partial charge on any atom is -0.293 e. The van der Waals surface area contributed by atoms with Crippen LogP contribution in [0.5, 0.6) is 0 Å². The zero-order chi connectivity index (χ0) is 9.84. The van der Waals surface area contributed by atoms with E-state index in [4.69, 9.17) is 0 Å². The first kappa shape index (κ1) is 10.3. The van der Waals surface area contributed by atoms with E-state index in [1.54, 1.807) is 0 Å². The predicted octanol–water partition coefficient (Wildman–Crippen LogP) is 2.33. The number of Topliss-reactive ketones (excluding diaryl/α,β-unsaturated/α-hetero) is 1. The highest BCUT2D eigenvalue weighted by Crippen LogP contribution is 2.16. The normalized spacial score (nSPS) is 10.8. The van der Waals surface area contributed by atoms with Gasteiger partial charge in [0.15, 0.2) is 5.78 Å². The number of ketones is 1. The lowest BCUT2D eigenvalue weighted by Crippen LogP contribution is -2.08. The topological polar surface area (TPSA) is 42.9 Å². The van der Waals surface area contributed by atoms with E-state index in [2.05, 4.69) is 16.5 Å². The summed E-state index contributed by atoms with van der Waals surface area (Å²) in [5.74, 6) is 0.205. The Balaban J connectivity index is 2.87. The molecule has 72 valence electrons. The maximum absolute atomic E-state index is 11.6. The molecule has 0 saturated carbocycles. The maximum Gasteiger partial charge on any atom is 0.178 e. The van der Waals surface area contributed by atoms with Gasteiger partial charge in [0.05, 0.1) is 5.69 Å². The summed E-state index contributed by atoms with van der Waals surface area (Å²) in [6, 6.07) is 0. The number of nitrogens with zero attached hydrogens (tertiary/aromatic N) is 2. The monoisotopic (exact) mass is 198 g/mol. The Hall–Kier alpha value is -0.770. The van der Waals surface area contributed by atoms with Crippen LogP contribution in [0.25, 0.3) is 0 Å². The van der Waals surface area contributed by atoms with E-state index >= 15 is 0 Å². The van der Waals surface area contributed by atoms with E-state index in [-0.39, 0.29) is 11.7 Å². The van der Waals surface area contributed by atoms with E-state index < -0.39 is 0 Å². The molecule has 0 bridgehead atoms. The molecule has 4 heteroatoms. The van der Waals surface area contributed by atoms with E-state index in [9.17, 15) is 4.79 Å². The molecule has 3 nitrogen and oxygen atoms in total. The van der Waals surface area contributed by atoms with Crippen LogP contribution in [0.3, 0.4) is 0 Å². The Morgan fingerprint density at radius 2 is 2.23 bits per heavy atom. The lowest BCUT2D eigenvalue weighted by molar-refractivity contribution is 0.0942. The van der Waals surface area contributed by atoms with Gasteiger partial charge in [0.1, 0.15) is 4.88 Å². The lowest BCUT2D eigenvalue weighted by Gasteiger charge is -2.01. The third-order valence-electron chi connectivity index (χ3n) is 1.79. The average molecular weight is 198 g/mol. The number of hydrogen-bond donors (Lipinski definition) is 0. The molecule has 0 amide bonds. The Labute approximate surface area is 82.3 Å². The van der Waals surface area contributed by atoms with Crippen LogP contribution >= 0.6 is 11.5 Å². The molecule has 0 atom stereocenters. The zero-order valence-corrected chi connectivity index (χ0v) is 9.02. The van der Waals surface area contributed by atoms with Crippen molar-refractivity contribution < 1.29 is 4.79 Å². The van der Waals surface area contributed by atoms with Gasteiger partial charge in [0.2, 0.25) is 0 Å². The number of hydrogen-bond acceptors (Lipinski definition) is 4. The Bertz CT molecular complexity index is 294. The van der Waals surface area contributed by atoms with Crippen LogP contribution in [0.1, 0.15) is 42.6 Å². The second-order valence-electron chi connectivity index (χ2n) is 3.32. The summed E-state index contributed by atoms with van der Waals surface area (Å²) < 4.78 is 3.82. The van der Waals surface area contributed by atoms with Crippen LogP contribution in [-0.2, 0) is 6.42 Å². The largest absolute Gasteiger partial charge is 0.293 e. The van der Waals surface area contributed by atoms with Crippen LogP contribution in [0.15, 0.2) is 0 Å². The minimum atomic E-state index is 0.0397. The maximum atomic E-state index is 11.6. The second-order valence-corrected chi connectivity index (χ2v) is 4.07. The third-order valence-corrected chi connectivity index (χ3v) is 2.57. The van der Waals surface area contributed by atoms with Crippen molar-refractivity contribution in [1.29, 1.82) is 0 Å². The Morgan fingerprint density at radius 3 is 2.77 bits per heavy atom. The molecule has 1 rings (SSSR count). The van der Waals surface area contributed by atoms with Gasteiger partial charge in [0, 0.05) is 5.92 Å². The van der Waals surface area contributed by atoms with E-state index in [0.717, 1.165) is 23.4 Å². The zero-order valence-electron chi connectivity index (χ0n) is 8.20. The molecule has 0 radical (unpaired) electrons. The summed E-state index contributed by atoms with van der Waals surface area (Å²) in [6.45, 7) is 5.87. The van der Waals surface area contributed by atoms with Crippen molar-refractivity contribution in [3.8, 4) is 0 Å². The number of aryl methyl sites for hydroxylation is 1. The SMILES string of the molecule is CCCc1nnsc1C(=O)C(C)C. The molecule has 0 N–H and O–H groups in total. The average Bonchev–Trinajstić information content (AvgIpc) is 2.52. The van der Waals surface area contributed by atoms with Gasteiger partial charge in [-0.05, 0) is 18.0 Å². The fourth-order valence-electron chi connectivity index (χ4n) is 1.06. The standard InChI is InChI=1S/C9H14N2OS/c1-4-5-7-9(13-11-10-7)8(12)6(2)3/h6H,4-5H2,1-3H3. The first-order chi connectivity index (χ1) is 6.16. The number of carbonyl (C=O) groups excluding carboxylic acids is 1. The molecular weight excluding hydrogens is 184 g/mol. The van der Waals surface area contributed by atoms with Gasteiger partial charge in [0.25, 0.3) is 0 Å². The number of rotatable bonds is 4. The van der Waals surface area contributed by atoms with Crippen molar-refractivity contribution in [3.05, 3.63) is 10.6 Å². The molecule has 0 aliphatic heterocycles. The third kappa shape index (κ3) is 2.34. The van der Waals surface area contributed by atoms with Gasteiger partial charge in [-0.3, -0.25) is 4.79 Å². The van der Waals surface area contributed by atoms with Crippen molar-refractivity contribution in [2.75, 3.05) is 0 Å². The molecule has 13 heavy (non-hydrogen) atoms.